The number of nitrogens with zero attached hydrogens (tertiary/aromatic N) is 3. The molecule has 22 heavy (non-hydrogen) atoms. The van der Waals surface area contributed by atoms with Gasteiger partial charge >= 0.3 is 0 Å². The molecule has 0 unspecified atom stereocenters. The first-order valence-electron chi connectivity index (χ1n) is 6.17. The molecular weight excluding hydrogens is 306 g/mol. The molecule has 0 amide bonds. The standard InChI is InChI=1S/C14H11N3O4S/c1-10-4-6-11(7-5-10)22(20,21)13(9-15)14-12(17(18)19)3-2-8-16-14/h2-8,13H,1H3/t13-/m0/s1. The average molecular weight is 317 g/mol. The van der Waals surface area contributed by atoms with Crippen molar-refractivity contribution in [1.82, 2.24) is 4.98 Å². The number of hydrogen-bond acceptors (Lipinski definition) is 6. The predicted molar refractivity (Wildman–Crippen MR) is 77.6 cm³/mol. The van der Waals surface area contributed by atoms with Crippen LogP contribution >= 0.6 is 0 Å². The highest BCUT2D eigenvalue weighted by Crippen LogP contribution is 2.32. The third-order valence-corrected chi connectivity index (χ3v) is 4.92. The molecule has 0 aliphatic rings. The van der Waals surface area contributed by atoms with E-state index in [0.29, 0.717) is 0 Å². The summed E-state index contributed by atoms with van der Waals surface area (Å²) in [6, 6.07) is 9.96. The first kappa shape index (κ1) is 15.6. The minimum absolute atomic E-state index is 0.0791. The Hall–Kier alpha value is -2.79. The van der Waals surface area contributed by atoms with Crippen molar-refractivity contribution in [1.29, 1.82) is 5.26 Å². The van der Waals surface area contributed by atoms with Gasteiger partial charge in [0.15, 0.2) is 5.69 Å². The van der Waals surface area contributed by atoms with Gasteiger partial charge in [-0.25, -0.2) is 8.42 Å². The monoisotopic (exact) mass is 317 g/mol. The predicted octanol–water partition coefficient (Wildman–Crippen LogP) is 2.34. The number of nitro groups is 1. The van der Waals surface area contributed by atoms with Crippen LogP contribution in [0.4, 0.5) is 5.69 Å². The third-order valence-electron chi connectivity index (χ3n) is 3.04. The van der Waals surface area contributed by atoms with Crippen molar-refractivity contribution in [3.05, 3.63) is 64.0 Å². The zero-order valence-corrected chi connectivity index (χ0v) is 12.3. The molecule has 7 nitrogen and oxygen atoms in total. The van der Waals surface area contributed by atoms with Gasteiger partial charge in [0.2, 0.25) is 15.1 Å². The van der Waals surface area contributed by atoms with Gasteiger partial charge in [-0.15, -0.1) is 0 Å². The number of rotatable bonds is 4. The van der Waals surface area contributed by atoms with E-state index in [1.807, 2.05) is 0 Å². The second-order valence-corrected chi connectivity index (χ2v) is 6.56. The Morgan fingerprint density at radius 1 is 1.27 bits per heavy atom. The summed E-state index contributed by atoms with van der Waals surface area (Å²) in [5.74, 6) is 0. The van der Waals surface area contributed by atoms with E-state index in [2.05, 4.69) is 4.98 Å². The van der Waals surface area contributed by atoms with Gasteiger partial charge in [-0.05, 0) is 25.1 Å². The van der Waals surface area contributed by atoms with E-state index in [1.54, 1.807) is 25.1 Å². The molecule has 1 aromatic carbocycles. The second kappa shape index (κ2) is 5.91. The van der Waals surface area contributed by atoms with Crippen molar-refractivity contribution in [2.24, 2.45) is 0 Å². The van der Waals surface area contributed by atoms with Crippen molar-refractivity contribution in [2.75, 3.05) is 0 Å². The number of pyridine rings is 1. The van der Waals surface area contributed by atoms with Crippen LogP contribution in [0, 0.1) is 28.4 Å². The number of aromatic nitrogens is 1. The van der Waals surface area contributed by atoms with E-state index >= 15 is 0 Å². The van der Waals surface area contributed by atoms with Crippen molar-refractivity contribution < 1.29 is 13.3 Å². The zero-order chi connectivity index (χ0) is 16.3. The van der Waals surface area contributed by atoms with Crippen LogP contribution in [-0.4, -0.2) is 18.3 Å². The molecule has 0 bridgehead atoms. The number of benzene rings is 1. The van der Waals surface area contributed by atoms with Gasteiger partial charge in [0.25, 0.3) is 5.69 Å². The van der Waals surface area contributed by atoms with Gasteiger partial charge in [0, 0.05) is 12.3 Å². The highest BCUT2D eigenvalue weighted by Gasteiger charge is 2.35. The van der Waals surface area contributed by atoms with Crippen LogP contribution in [0.1, 0.15) is 16.5 Å². The molecule has 112 valence electrons. The second-order valence-electron chi connectivity index (χ2n) is 4.53. The fourth-order valence-electron chi connectivity index (χ4n) is 1.91. The quantitative estimate of drug-likeness (QED) is 0.631. The maximum atomic E-state index is 12.6. The first-order chi connectivity index (χ1) is 10.4. The zero-order valence-electron chi connectivity index (χ0n) is 11.5. The fourth-order valence-corrected chi connectivity index (χ4v) is 3.31. The Morgan fingerprint density at radius 3 is 2.45 bits per heavy atom. The molecule has 1 atom stereocenters. The van der Waals surface area contributed by atoms with E-state index in [1.165, 1.54) is 24.4 Å². The van der Waals surface area contributed by atoms with E-state index in [-0.39, 0.29) is 10.6 Å². The lowest BCUT2D eigenvalue weighted by Crippen LogP contribution is -2.15. The molecule has 0 aliphatic heterocycles. The topological polar surface area (TPSA) is 114 Å². The smallest absolute Gasteiger partial charge is 0.258 e. The van der Waals surface area contributed by atoms with Gasteiger partial charge in [-0.1, -0.05) is 17.7 Å². The lowest BCUT2D eigenvalue weighted by atomic mass is 10.2. The summed E-state index contributed by atoms with van der Waals surface area (Å²) >= 11 is 0. The molecule has 2 aromatic rings. The van der Waals surface area contributed by atoms with E-state index in [4.69, 9.17) is 0 Å². The summed E-state index contributed by atoms with van der Waals surface area (Å²) in [5.41, 5.74) is -0.0171. The largest absolute Gasteiger partial charge is 0.293 e. The minimum Gasteiger partial charge on any atom is -0.258 e. The Kier molecular flexibility index (Phi) is 4.19. The number of nitriles is 1. The summed E-state index contributed by atoms with van der Waals surface area (Å²) in [6.45, 7) is 1.79. The summed E-state index contributed by atoms with van der Waals surface area (Å²) in [6.07, 6.45) is 1.22. The molecule has 0 radical (unpaired) electrons. The van der Waals surface area contributed by atoms with Crippen molar-refractivity contribution >= 4 is 15.5 Å². The number of hydrogen-bond donors (Lipinski definition) is 0. The number of aryl methyl sites for hydroxylation is 1. The molecule has 1 heterocycles. The van der Waals surface area contributed by atoms with Crippen LogP contribution < -0.4 is 0 Å². The molecule has 0 spiro atoms. The lowest BCUT2D eigenvalue weighted by Gasteiger charge is -2.10. The molecule has 0 saturated carbocycles. The van der Waals surface area contributed by atoms with Gasteiger partial charge in [-0.2, -0.15) is 5.26 Å². The summed E-state index contributed by atoms with van der Waals surface area (Å²) in [7, 11) is -4.11. The fraction of sp³-hybridized carbons (Fsp3) is 0.143. The van der Waals surface area contributed by atoms with Crippen LogP contribution in [0.15, 0.2) is 47.5 Å². The van der Waals surface area contributed by atoms with Gasteiger partial charge in [0.1, 0.15) is 0 Å². The Bertz CT molecular complexity index is 854. The van der Waals surface area contributed by atoms with Crippen LogP contribution in [0.3, 0.4) is 0 Å². The maximum absolute atomic E-state index is 12.6. The van der Waals surface area contributed by atoms with Gasteiger partial charge in [0.05, 0.1) is 15.9 Å². The minimum atomic E-state index is -4.11. The molecule has 0 fully saturated rings. The van der Waals surface area contributed by atoms with Crippen molar-refractivity contribution in [3.8, 4) is 6.07 Å². The summed E-state index contributed by atoms with van der Waals surface area (Å²) in [4.78, 5) is 13.9. The maximum Gasteiger partial charge on any atom is 0.293 e. The van der Waals surface area contributed by atoms with Crippen LogP contribution in [0.2, 0.25) is 0 Å². The van der Waals surface area contributed by atoms with E-state index in [9.17, 15) is 23.8 Å². The van der Waals surface area contributed by atoms with Crippen LogP contribution in [0.5, 0.6) is 0 Å². The first-order valence-corrected chi connectivity index (χ1v) is 7.72. The van der Waals surface area contributed by atoms with E-state index in [0.717, 1.165) is 11.6 Å². The Morgan fingerprint density at radius 2 is 1.91 bits per heavy atom. The molecule has 1 aromatic heterocycles. The molecule has 2 rings (SSSR count). The molecule has 0 N–H and O–H groups in total. The van der Waals surface area contributed by atoms with Crippen LogP contribution in [0.25, 0.3) is 0 Å². The van der Waals surface area contributed by atoms with E-state index < -0.39 is 25.7 Å². The molecule has 0 saturated heterocycles. The van der Waals surface area contributed by atoms with Crippen molar-refractivity contribution in [3.63, 3.8) is 0 Å². The molecule has 0 aliphatic carbocycles. The Balaban J connectivity index is 2.60. The molecular formula is C14H11N3O4S. The van der Waals surface area contributed by atoms with Gasteiger partial charge < -0.3 is 0 Å². The lowest BCUT2D eigenvalue weighted by molar-refractivity contribution is -0.385. The molecule has 8 heteroatoms. The Labute approximate surface area is 126 Å². The highest BCUT2D eigenvalue weighted by molar-refractivity contribution is 7.92. The normalized spacial score (nSPS) is 12.4. The summed E-state index contributed by atoms with van der Waals surface area (Å²) < 4.78 is 25.1. The number of sulfone groups is 1. The van der Waals surface area contributed by atoms with Crippen LogP contribution in [-0.2, 0) is 9.84 Å². The third kappa shape index (κ3) is 2.80. The SMILES string of the molecule is Cc1ccc(S(=O)(=O)[C@@H](C#N)c2ncccc2[N+](=O)[O-])cc1. The summed E-state index contributed by atoms with van der Waals surface area (Å²) in [5, 5.41) is 18.5. The average Bonchev–Trinajstić information content (AvgIpc) is 2.48. The highest BCUT2D eigenvalue weighted by atomic mass is 32.2. The van der Waals surface area contributed by atoms with Gasteiger partial charge in [-0.3, -0.25) is 15.1 Å². The van der Waals surface area contributed by atoms with Crippen molar-refractivity contribution in [2.45, 2.75) is 17.1 Å².